The van der Waals surface area contributed by atoms with E-state index >= 15 is 0 Å². The first-order chi connectivity index (χ1) is 20.7. The molecule has 12 nitrogen and oxygen atoms in total. The molecule has 2 bridgehead atoms. The van der Waals surface area contributed by atoms with E-state index in [-0.39, 0.29) is 19.1 Å². The van der Waals surface area contributed by atoms with Crippen molar-refractivity contribution in [2.45, 2.75) is 100 Å². The fourth-order valence-electron chi connectivity index (χ4n) is 11.9. The highest BCUT2D eigenvalue weighted by molar-refractivity contribution is 5.87. The quantitative estimate of drug-likeness (QED) is 0.346. The molecule has 0 aromatic heterocycles. The van der Waals surface area contributed by atoms with Crippen molar-refractivity contribution in [3.8, 4) is 0 Å². The Hall–Kier alpha value is -2.06. The van der Waals surface area contributed by atoms with Gasteiger partial charge in [0, 0.05) is 46.7 Å². The normalized spacial score (nSPS) is 58.7. The van der Waals surface area contributed by atoms with Crippen molar-refractivity contribution in [3.63, 3.8) is 0 Å². The van der Waals surface area contributed by atoms with E-state index in [1.165, 1.54) is 20.5 Å². The lowest BCUT2D eigenvalue weighted by molar-refractivity contribution is -0.309. The number of aliphatic hydroxyl groups is 2. The van der Waals surface area contributed by atoms with Crippen LogP contribution in [0.2, 0.25) is 0 Å². The minimum atomic E-state index is -1.89. The molecule has 0 radical (unpaired) electrons. The van der Waals surface area contributed by atoms with E-state index in [1.54, 1.807) is 13.0 Å². The van der Waals surface area contributed by atoms with Crippen LogP contribution < -0.4 is 0 Å². The zero-order valence-corrected chi connectivity index (χ0v) is 26.0. The topological polar surface area (TPSA) is 148 Å². The Bertz CT molecular complexity index is 1380. The third-order valence-electron chi connectivity index (χ3n) is 13.5. The molecule has 8 rings (SSSR count). The Balaban J connectivity index is 1.34. The van der Waals surface area contributed by atoms with Crippen LogP contribution in [0.3, 0.4) is 0 Å². The van der Waals surface area contributed by atoms with E-state index in [1.807, 2.05) is 13.8 Å². The monoisotopic (exact) mass is 618 g/mol. The number of ether oxygens (including phenoxy) is 8. The first kappa shape index (κ1) is 29.3. The van der Waals surface area contributed by atoms with Gasteiger partial charge in [0.2, 0.25) is 6.29 Å². The van der Waals surface area contributed by atoms with Gasteiger partial charge in [0.1, 0.15) is 17.3 Å². The number of methoxy groups -OCH3 is 2. The fourth-order valence-corrected chi connectivity index (χ4v) is 11.9. The summed E-state index contributed by atoms with van der Waals surface area (Å²) in [5.74, 6) is -4.78. The highest BCUT2D eigenvalue weighted by atomic mass is 16.7. The van der Waals surface area contributed by atoms with Crippen LogP contribution in [-0.2, 0) is 47.5 Å². The third-order valence-corrected chi connectivity index (χ3v) is 13.5. The lowest BCUT2D eigenvalue weighted by atomic mass is 9.38. The zero-order valence-electron chi connectivity index (χ0n) is 26.0. The van der Waals surface area contributed by atoms with Crippen molar-refractivity contribution < 1.29 is 57.7 Å². The van der Waals surface area contributed by atoms with Crippen LogP contribution in [0.15, 0.2) is 24.5 Å². The van der Waals surface area contributed by atoms with Crippen molar-refractivity contribution in [3.05, 3.63) is 24.5 Å². The Morgan fingerprint density at radius 1 is 1.11 bits per heavy atom. The highest BCUT2D eigenvalue weighted by Crippen LogP contribution is 2.80. The lowest BCUT2D eigenvalue weighted by Gasteiger charge is -2.64. The number of hydrogen-bond donors (Lipinski definition) is 2. The van der Waals surface area contributed by atoms with Crippen LogP contribution >= 0.6 is 0 Å². The molecular formula is C32H42O12. The molecule has 15 atom stereocenters. The Morgan fingerprint density at radius 2 is 1.86 bits per heavy atom. The molecule has 44 heavy (non-hydrogen) atoms. The number of hydrogen-bond acceptors (Lipinski definition) is 12. The summed E-state index contributed by atoms with van der Waals surface area (Å²) in [4.78, 5) is 26.7. The highest BCUT2D eigenvalue weighted by Gasteiger charge is 2.92. The molecule has 4 saturated heterocycles. The largest absolute Gasteiger partial charge is 0.469 e. The first-order valence-corrected chi connectivity index (χ1v) is 15.5. The van der Waals surface area contributed by atoms with Crippen LogP contribution in [0, 0.1) is 34.0 Å². The molecule has 15 unspecified atom stereocenters. The van der Waals surface area contributed by atoms with Crippen molar-refractivity contribution in [1.82, 2.24) is 0 Å². The van der Waals surface area contributed by atoms with Crippen molar-refractivity contribution in [2.24, 2.45) is 34.0 Å². The molecule has 2 N–H and O–H groups in total. The second kappa shape index (κ2) is 8.44. The van der Waals surface area contributed by atoms with E-state index < -0.39 is 93.3 Å². The summed E-state index contributed by atoms with van der Waals surface area (Å²) in [7, 11) is 2.70. The van der Waals surface area contributed by atoms with E-state index in [4.69, 9.17) is 37.9 Å². The molecule has 12 heteroatoms. The smallest absolute Gasteiger partial charge is 0.366 e. The number of rotatable bonds is 4. The summed E-state index contributed by atoms with van der Waals surface area (Å²) in [6, 6.07) is 0. The maximum absolute atomic E-state index is 13.9. The summed E-state index contributed by atoms with van der Waals surface area (Å²) in [6.45, 7) is 11.6. The second-order valence-electron chi connectivity index (χ2n) is 15.1. The van der Waals surface area contributed by atoms with Crippen LogP contribution in [-0.4, -0.2) is 103 Å². The van der Waals surface area contributed by atoms with Gasteiger partial charge in [0.15, 0.2) is 5.60 Å². The maximum Gasteiger partial charge on any atom is 0.366 e. The molecule has 1 spiro atoms. The van der Waals surface area contributed by atoms with E-state index in [0.29, 0.717) is 24.8 Å². The number of carbonyl (C=O) groups is 2. The van der Waals surface area contributed by atoms with Gasteiger partial charge in [-0.2, -0.15) is 0 Å². The van der Waals surface area contributed by atoms with Crippen molar-refractivity contribution in [1.29, 1.82) is 0 Å². The number of fused-ring (bicyclic) bond motifs is 11. The van der Waals surface area contributed by atoms with Gasteiger partial charge in [-0.05, 0) is 39.2 Å². The van der Waals surface area contributed by atoms with Gasteiger partial charge in [-0.3, -0.25) is 0 Å². The Labute approximate surface area is 255 Å². The van der Waals surface area contributed by atoms with E-state index in [9.17, 15) is 19.8 Å². The second-order valence-corrected chi connectivity index (χ2v) is 15.1. The molecular weight excluding hydrogens is 576 g/mol. The Morgan fingerprint density at radius 3 is 2.55 bits per heavy atom. The summed E-state index contributed by atoms with van der Waals surface area (Å²) in [5, 5.41) is 25.3. The predicted molar refractivity (Wildman–Crippen MR) is 147 cm³/mol. The maximum atomic E-state index is 13.9. The molecule has 5 aliphatic heterocycles. The molecule has 0 amide bonds. The summed E-state index contributed by atoms with van der Waals surface area (Å²) < 4.78 is 49.9. The molecule has 8 aliphatic rings. The summed E-state index contributed by atoms with van der Waals surface area (Å²) in [5.41, 5.74) is -7.05. The molecule has 0 aromatic rings. The molecule has 5 heterocycles. The summed E-state index contributed by atoms with van der Waals surface area (Å²) in [6.07, 6.45) is 0.634. The lowest BCUT2D eigenvalue weighted by Crippen LogP contribution is -2.76. The SMILES string of the molecule is C=C(C)C(=O)OC1CCC23COC(OC)(C(=O)OC)C2C2(C)C(OC4(C)C5CC(OC6OC=CC65O)C42O)C2OCC1(C)C23. The Kier molecular flexibility index (Phi) is 5.63. The van der Waals surface area contributed by atoms with Gasteiger partial charge in [-0.15, -0.1) is 0 Å². The van der Waals surface area contributed by atoms with Crippen LogP contribution in [0.4, 0.5) is 0 Å². The summed E-state index contributed by atoms with van der Waals surface area (Å²) >= 11 is 0. The first-order valence-electron chi connectivity index (χ1n) is 15.5. The van der Waals surface area contributed by atoms with Crippen LogP contribution in [0.25, 0.3) is 0 Å². The van der Waals surface area contributed by atoms with E-state index in [0.717, 1.165) is 0 Å². The van der Waals surface area contributed by atoms with Gasteiger partial charge in [0.05, 0.1) is 44.9 Å². The average Bonchev–Trinajstić information content (AvgIpc) is 3.74. The van der Waals surface area contributed by atoms with Gasteiger partial charge in [-0.1, -0.05) is 20.4 Å². The third kappa shape index (κ3) is 2.77. The standard InChI is InChI=1S/C32H42O12/c1-15(2)22(33)42-17-8-9-29-14-41-31(38-7,24(34)37-6)23(29)27(4)21(19-20(29)26(17,3)13-40-19)44-28(5)16-12-18(32(27,28)36)43-25-30(16,35)10-11-39-25/h10-11,16-21,23,25,35-36H,1,8-9,12-14H2,2-7H3. The average molecular weight is 619 g/mol. The molecule has 242 valence electrons. The molecule has 0 aromatic carbocycles. The molecule has 3 saturated carbocycles. The predicted octanol–water partition coefficient (Wildman–Crippen LogP) is 1.37. The fraction of sp³-hybridized carbons (Fsp3) is 0.812. The molecule has 3 aliphatic carbocycles. The van der Waals surface area contributed by atoms with Gasteiger partial charge < -0.3 is 48.1 Å². The van der Waals surface area contributed by atoms with Crippen molar-refractivity contribution in [2.75, 3.05) is 27.4 Å². The van der Waals surface area contributed by atoms with Crippen molar-refractivity contribution >= 4 is 11.9 Å². The van der Waals surface area contributed by atoms with Gasteiger partial charge >= 0.3 is 11.9 Å². The molecule has 7 fully saturated rings. The van der Waals surface area contributed by atoms with Crippen LogP contribution in [0.5, 0.6) is 0 Å². The van der Waals surface area contributed by atoms with Gasteiger partial charge in [0.25, 0.3) is 5.79 Å². The zero-order chi connectivity index (χ0) is 31.5. The van der Waals surface area contributed by atoms with Gasteiger partial charge in [-0.25, -0.2) is 9.59 Å². The number of esters is 2. The minimum Gasteiger partial charge on any atom is -0.469 e. The minimum absolute atomic E-state index is 0.129. The van der Waals surface area contributed by atoms with Crippen LogP contribution in [0.1, 0.15) is 47.0 Å². The number of carbonyl (C=O) groups excluding carboxylic acids is 2. The van der Waals surface area contributed by atoms with E-state index in [2.05, 4.69) is 13.5 Å².